The quantitative estimate of drug-likeness (QED) is 0.167. The summed E-state index contributed by atoms with van der Waals surface area (Å²) in [6.07, 6.45) is 0. The van der Waals surface area contributed by atoms with Crippen molar-refractivity contribution in [2.24, 2.45) is 0 Å². The molecule has 0 saturated heterocycles. The van der Waals surface area contributed by atoms with E-state index in [0.717, 1.165) is 0 Å². The molecule has 0 spiro atoms. The topological polar surface area (TPSA) is 0 Å². The number of rotatable bonds is 2. The molecule has 11 rings (SSSR count). The fourth-order valence-corrected chi connectivity index (χ4v) is 8.69. The Kier molecular flexibility index (Phi) is 5.76. The molecule has 0 atom stereocenters. The van der Waals surface area contributed by atoms with Gasteiger partial charge in [0.25, 0.3) is 0 Å². The van der Waals surface area contributed by atoms with E-state index in [1.807, 2.05) is 0 Å². The SMILES string of the molecule is c1ccc2c(c1)cc(-c1ccc3cc(-c4ccc5c(c4)c4ccccc4c4c6ccccc6c6ccccc6c54)ccc3c1)c1ccccc12. The van der Waals surface area contributed by atoms with Crippen LogP contribution in [-0.2, 0) is 0 Å². The minimum absolute atomic E-state index is 1.23. The van der Waals surface area contributed by atoms with Gasteiger partial charge in [0.1, 0.15) is 0 Å². The summed E-state index contributed by atoms with van der Waals surface area (Å²) in [4.78, 5) is 0. The third-order valence-electron chi connectivity index (χ3n) is 11.0. The first-order valence-electron chi connectivity index (χ1n) is 17.4. The summed E-state index contributed by atoms with van der Waals surface area (Å²) in [5.41, 5.74) is 4.99. The largest absolute Gasteiger partial charge is 0.0616 e. The van der Waals surface area contributed by atoms with Gasteiger partial charge >= 0.3 is 0 Å². The molecule has 11 aromatic rings. The third-order valence-corrected chi connectivity index (χ3v) is 11.0. The molecule has 0 nitrogen and oxygen atoms in total. The van der Waals surface area contributed by atoms with Crippen LogP contribution in [0, 0.1) is 0 Å². The van der Waals surface area contributed by atoms with Crippen LogP contribution < -0.4 is 0 Å². The first kappa shape index (κ1) is 27.5. The molecule has 230 valence electrons. The summed E-state index contributed by atoms with van der Waals surface area (Å²) in [5, 5.41) is 20.8. The van der Waals surface area contributed by atoms with Gasteiger partial charge in [-0.15, -0.1) is 0 Å². The molecule has 0 aliphatic carbocycles. The molecule has 0 aliphatic heterocycles. The van der Waals surface area contributed by atoms with Gasteiger partial charge in [-0.05, 0) is 133 Å². The second-order valence-electron chi connectivity index (χ2n) is 13.6. The first-order valence-corrected chi connectivity index (χ1v) is 17.4. The van der Waals surface area contributed by atoms with Gasteiger partial charge in [0.15, 0.2) is 0 Å². The molecule has 50 heavy (non-hydrogen) atoms. The molecular formula is C50H30. The van der Waals surface area contributed by atoms with Gasteiger partial charge in [0.2, 0.25) is 0 Å². The molecular weight excluding hydrogens is 601 g/mol. The normalized spacial score (nSPS) is 12.0. The Morgan fingerprint density at radius 1 is 0.200 bits per heavy atom. The lowest BCUT2D eigenvalue weighted by atomic mass is 9.86. The Morgan fingerprint density at radius 3 is 1.22 bits per heavy atom. The van der Waals surface area contributed by atoms with E-state index in [9.17, 15) is 0 Å². The molecule has 0 amide bonds. The lowest BCUT2D eigenvalue weighted by Crippen LogP contribution is -1.89. The zero-order chi connectivity index (χ0) is 32.8. The maximum absolute atomic E-state index is 2.41. The van der Waals surface area contributed by atoms with E-state index in [4.69, 9.17) is 0 Å². The number of fused-ring (bicyclic) bond motifs is 15. The fourth-order valence-electron chi connectivity index (χ4n) is 8.69. The highest BCUT2D eigenvalue weighted by atomic mass is 14.2. The molecule has 0 N–H and O–H groups in total. The van der Waals surface area contributed by atoms with E-state index in [2.05, 4.69) is 182 Å². The van der Waals surface area contributed by atoms with Crippen LogP contribution in [0.1, 0.15) is 0 Å². The maximum atomic E-state index is 2.41. The predicted molar refractivity (Wildman–Crippen MR) is 217 cm³/mol. The summed E-state index contributed by atoms with van der Waals surface area (Å²) < 4.78 is 0. The highest BCUT2D eigenvalue weighted by Crippen LogP contribution is 2.45. The third kappa shape index (κ3) is 3.94. The highest BCUT2D eigenvalue weighted by molar-refractivity contribution is 6.39. The molecule has 0 heterocycles. The van der Waals surface area contributed by atoms with Crippen LogP contribution in [-0.4, -0.2) is 0 Å². The summed E-state index contributed by atoms with van der Waals surface area (Å²) >= 11 is 0. The Hall–Kier alpha value is -6.50. The van der Waals surface area contributed by atoms with Gasteiger partial charge in [0, 0.05) is 0 Å². The lowest BCUT2D eigenvalue weighted by molar-refractivity contribution is 1.67. The molecule has 0 bridgehead atoms. The van der Waals surface area contributed by atoms with Gasteiger partial charge in [-0.3, -0.25) is 0 Å². The first-order chi connectivity index (χ1) is 24.8. The van der Waals surface area contributed by atoms with Crippen LogP contribution in [0.15, 0.2) is 182 Å². The van der Waals surface area contributed by atoms with Crippen molar-refractivity contribution in [1.29, 1.82) is 0 Å². The van der Waals surface area contributed by atoms with Crippen molar-refractivity contribution >= 4 is 86.2 Å². The molecule has 0 unspecified atom stereocenters. The van der Waals surface area contributed by atoms with Gasteiger partial charge in [-0.2, -0.15) is 0 Å². The van der Waals surface area contributed by atoms with Gasteiger partial charge in [-0.25, -0.2) is 0 Å². The van der Waals surface area contributed by atoms with Crippen LogP contribution in [0.5, 0.6) is 0 Å². The molecule has 0 aromatic heterocycles. The zero-order valence-electron chi connectivity index (χ0n) is 27.3. The molecule has 0 fully saturated rings. The van der Waals surface area contributed by atoms with Crippen LogP contribution >= 0.6 is 0 Å². The summed E-state index contributed by atoms with van der Waals surface area (Å²) in [6, 6.07) is 67.6. The fraction of sp³-hybridized carbons (Fsp3) is 0. The second kappa shape index (κ2) is 10.5. The van der Waals surface area contributed by atoms with Crippen LogP contribution in [0.2, 0.25) is 0 Å². The van der Waals surface area contributed by atoms with E-state index in [1.165, 1.54) is 108 Å². The highest BCUT2D eigenvalue weighted by Gasteiger charge is 2.16. The van der Waals surface area contributed by atoms with E-state index in [-0.39, 0.29) is 0 Å². The summed E-state index contributed by atoms with van der Waals surface area (Å²) in [7, 11) is 0. The van der Waals surface area contributed by atoms with Crippen molar-refractivity contribution in [2.75, 3.05) is 0 Å². The van der Waals surface area contributed by atoms with E-state index in [0.29, 0.717) is 0 Å². The minimum Gasteiger partial charge on any atom is -0.0616 e. The van der Waals surface area contributed by atoms with Crippen LogP contribution in [0.4, 0.5) is 0 Å². The summed E-state index contributed by atoms with van der Waals surface area (Å²) in [5.74, 6) is 0. The predicted octanol–water partition coefficient (Wildman–Crippen LogP) is 14.2. The Bertz CT molecular complexity index is 3200. The summed E-state index contributed by atoms with van der Waals surface area (Å²) in [6.45, 7) is 0. The van der Waals surface area contributed by atoms with E-state index < -0.39 is 0 Å². The minimum atomic E-state index is 1.23. The Balaban J connectivity index is 1.10. The van der Waals surface area contributed by atoms with Crippen LogP contribution in [0.3, 0.4) is 0 Å². The zero-order valence-corrected chi connectivity index (χ0v) is 27.3. The van der Waals surface area contributed by atoms with Crippen molar-refractivity contribution in [3.05, 3.63) is 182 Å². The average Bonchev–Trinajstić information content (AvgIpc) is 3.19. The van der Waals surface area contributed by atoms with Crippen LogP contribution in [0.25, 0.3) is 108 Å². The van der Waals surface area contributed by atoms with Gasteiger partial charge < -0.3 is 0 Å². The second-order valence-corrected chi connectivity index (χ2v) is 13.6. The van der Waals surface area contributed by atoms with Gasteiger partial charge in [-0.1, -0.05) is 158 Å². The van der Waals surface area contributed by atoms with Gasteiger partial charge in [0.05, 0.1) is 0 Å². The van der Waals surface area contributed by atoms with Crippen molar-refractivity contribution in [1.82, 2.24) is 0 Å². The average molecular weight is 631 g/mol. The number of hydrogen-bond acceptors (Lipinski definition) is 0. The van der Waals surface area contributed by atoms with E-state index >= 15 is 0 Å². The number of benzene rings is 11. The van der Waals surface area contributed by atoms with E-state index in [1.54, 1.807) is 0 Å². The lowest BCUT2D eigenvalue weighted by Gasteiger charge is -2.17. The Labute approximate surface area is 289 Å². The van der Waals surface area contributed by atoms with Crippen molar-refractivity contribution in [2.45, 2.75) is 0 Å². The molecule has 11 aromatic carbocycles. The maximum Gasteiger partial charge on any atom is -0.00139 e. The van der Waals surface area contributed by atoms with Crippen molar-refractivity contribution < 1.29 is 0 Å². The monoisotopic (exact) mass is 630 g/mol. The standard InChI is InChI=1S/C50H30/c1-2-12-37-35(11-1)30-47(41-16-4-3-13-38(37)41)36-24-23-31-27-32(21-22-33(31)28-36)34-25-26-46-48(29-34)42-17-7-10-20-45(42)49-43-18-8-5-14-39(43)40-15-6-9-19-44(40)50(46)49/h1-30H. The molecule has 0 radical (unpaired) electrons. The van der Waals surface area contributed by atoms with Crippen molar-refractivity contribution in [3.8, 4) is 22.3 Å². The molecule has 0 heteroatoms. The smallest absolute Gasteiger partial charge is 0.00139 e. The Morgan fingerprint density at radius 2 is 0.600 bits per heavy atom. The van der Waals surface area contributed by atoms with Crippen molar-refractivity contribution in [3.63, 3.8) is 0 Å². The molecule has 0 saturated carbocycles. The molecule has 0 aliphatic rings. The number of hydrogen-bond donors (Lipinski definition) is 0.